The van der Waals surface area contributed by atoms with Crippen molar-refractivity contribution in [1.29, 1.82) is 0 Å². The summed E-state index contributed by atoms with van der Waals surface area (Å²) in [6, 6.07) is 7.32. The van der Waals surface area contributed by atoms with E-state index >= 15 is 0 Å². The van der Waals surface area contributed by atoms with Crippen LogP contribution < -0.4 is 4.74 Å². The van der Waals surface area contributed by atoms with Gasteiger partial charge in [-0.2, -0.15) is 0 Å². The molecule has 1 fully saturated rings. The Morgan fingerprint density at radius 3 is 2.50 bits per heavy atom. The van der Waals surface area contributed by atoms with Crippen LogP contribution in [0.15, 0.2) is 24.3 Å². The molecule has 1 aromatic carbocycles. The lowest BCUT2D eigenvalue weighted by molar-refractivity contribution is 0.150. The van der Waals surface area contributed by atoms with Crippen LogP contribution in [-0.2, 0) is 0 Å². The SMILES string of the molecule is OC1CCC(Oc2ccc(Cl)cc2)C1. The van der Waals surface area contributed by atoms with Gasteiger partial charge in [0.15, 0.2) is 0 Å². The quantitative estimate of drug-likeness (QED) is 0.817. The predicted molar refractivity (Wildman–Crippen MR) is 55.7 cm³/mol. The van der Waals surface area contributed by atoms with E-state index < -0.39 is 0 Å². The molecule has 0 heterocycles. The van der Waals surface area contributed by atoms with E-state index in [0.29, 0.717) is 5.02 Å². The van der Waals surface area contributed by atoms with E-state index in [9.17, 15) is 5.11 Å². The molecule has 1 aliphatic carbocycles. The summed E-state index contributed by atoms with van der Waals surface area (Å²) in [7, 11) is 0. The first-order chi connectivity index (χ1) is 6.74. The molecule has 0 amide bonds. The van der Waals surface area contributed by atoms with Gasteiger partial charge < -0.3 is 9.84 Å². The first-order valence-corrected chi connectivity index (χ1v) is 5.22. The van der Waals surface area contributed by atoms with Crippen molar-refractivity contribution < 1.29 is 9.84 Å². The van der Waals surface area contributed by atoms with Crippen LogP contribution in [-0.4, -0.2) is 17.3 Å². The Hall–Kier alpha value is -0.730. The number of benzene rings is 1. The summed E-state index contributed by atoms with van der Waals surface area (Å²) in [5, 5.41) is 10.0. The molecule has 2 atom stereocenters. The van der Waals surface area contributed by atoms with E-state index in [1.54, 1.807) is 0 Å². The summed E-state index contributed by atoms with van der Waals surface area (Å²) in [5.74, 6) is 0.827. The number of hydrogen-bond donors (Lipinski definition) is 1. The van der Waals surface area contributed by atoms with Crippen LogP contribution in [0.4, 0.5) is 0 Å². The highest BCUT2D eigenvalue weighted by Crippen LogP contribution is 2.25. The second-order valence-corrected chi connectivity index (χ2v) is 4.10. The van der Waals surface area contributed by atoms with E-state index in [2.05, 4.69) is 0 Å². The van der Waals surface area contributed by atoms with Crippen LogP contribution in [0.1, 0.15) is 19.3 Å². The molecule has 0 saturated heterocycles. The molecule has 2 nitrogen and oxygen atoms in total. The third-order valence-corrected chi connectivity index (χ3v) is 2.73. The van der Waals surface area contributed by atoms with Crippen molar-refractivity contribution in [3.8, 4) is 5.75 Å². The molecule has 2 unspecified atom stereocenters. The minimum Gasteiger partial charge on any atom is -0.490 e. The van der Waals surface area contributed by atoms with E-state index in [4.69, 9.17) is 16.3 Å². The number of rotatable bonds is 2. The zero-order chi connectivity index (χ0) is 9.97. The highest BCUT2D eigenvalue weighted by molar-refractivity contribution is 6.30. The van der Waals surface area contributed by atoms with Crippen LogP contribution in [0.2, 0.25) is 5.02 Å². The van der Waals surface area contributed by atoms with Gasteiger partial charge in [-0.3, -0.25) is 0 Å². The molecule has 0 radical (unpaired) electrons. The topological polar surface area (TPSA) is 29.5 Å². The molecule has 0 aliphatic heterocycles. The van der Waals surface area contributed by atoms with Crippen LogP contribution >= 0.6 is 11.6 Å². The Balaban J connectivity index is 1.94. The van der Waals surface area contributed by atoms with Gasteiger partial charge in [-0.05, 0) is 37.1 Å². The Morgan fingerprint density at radius 1 is 1.21 bits per heavy atom. The lowest BCUT2D eigenvalue weighted by Gasteiger charge is -2.12. The monoisotopic (exact) mass is 212 g/mol. The first kappa shape index (κ1) is 9.81. The van der Waals surface area contributed by atoms with Gasteiger partial charge in [0, 0.05) is 11.4 Å². The molecular formula is C11H13ClO2. The standard InChI is InChI=1S/C11H13ClO2/c12-8-1-4-10(5-2-8)14-11-6-3-9(13)7-11/h1-2,4-5,9,11,13H,3,6-7H2. The molecular weight excluding hydrogens is 200 g/mol. The average molecular weight is 213 g/mol. The first-order valence-electron chi connectivity index (χ1n) is 4.84. The molecule has 2 rings (SSSR count). The van der Waals surface area contributed by atoms with E-state index in [-0.39, 0.29) is 12.2 Å². The second-order valence-electron chi connectivity index (χ2n) is 3.66. The Kier molecular flexibility index (Phi) is 2.94. The van der Waals surface area contributed by atoms with Crippen molar-refractivity contribution in [2.75, 3.05) is 0 Å². The van der Waals surface area contributed by atoms with Gasteiger partial charge in [0.1, 0.15) is 11.9 Å². The second kappa shape index (κ2) is 4.20. The van der Waals surface area contributed by atoms with Crippen molar-refractivity contribution >= 4 is 11.6 Å². The number of aliphatic hydroxyl groups is 1. The summed E-state index contributed by atoms with van der Waals surface area (Å²) in [6.07, 6.45) is 2.49. The Labute approximate surface area is 88.5 Å². The minimum atomic E-state index is -0.188. The van der Waals surface area contributed by atoms with Crippen molar-refractivity contribution in [2.45, 2.75) is 31.5 Å². The van der Waals surface area contributed by atoms with Crippen LogP contribution in [0.5, 0.6) is 5.75 Å². The Bertz CT molecular complexity index is 297. The van der Waals surface area contributed by atoms with Gasteiger partial charge >= 0.3 is 0 Å². The normalized spacial score (nSPS) is 26.4. The number of hydrogen-bond acceptors (Lipinski definition) is 2. The number of ether oxygens (including phenoxy) is 1. The number of aliphatic hydroxyl groups excluding tert-OH is 1. The largest absolute Gasteiger partial charge is 0.490 e. The highest BCUT2D eigenvalue weighted by atomic mass is 35.5. The molecule has 0 bridgehead atoms. The van der Waals surface area contributed by atoms with Crippen molar-refractivity contribution in [3.05, 3.63) is 29.3 Å². The highest BCUT2D eigenvalue weighted by Gasteiger charge is 2.23. The van der Waals surface area contributed by atoms with E-state index in [1.807, 2.05) is 24.3 Å². The van der Waals surface area contributed by atoms with Gasteiger partial charge in [-0.15, -0.1) is 0 Å². The summed E-state index contributed by atoms with van der Waals surface area (Å²) in [4.78, 5) is 0. The van der Waals surface area contributed by atoms with E-state index in [0.717, 1.165) is 25.0 Å². The third kappa shape index (κ3) is 2.40. The fourth-order valence-corrected chi connectivity index (χ4v) is 1.86. The average Bonchev–Trinajstić information content (AvgIpc) is 2.56. The maximum atomic E-state index is 9.32. The van der Waals surface area contributed by atoms with Gasteiger partial charge in [-0.1, -0.05) is 11.6 Å². The molecule has 14 heavy (non-hydrogen) atoms. The Morgan fingerprint density at radius 2 is 1.93 bits per heavy atom. The van der Waals surface area contributed by atoms with Crippen LogP contribution in [0.25, 0.3) is 0 Å². The molecule has 1 N–H and O–H groups in total. The van der Waals surface area contributed by atoms with Gasteiger partial charge in [0.2, 0.25) is 0 Å². The van der Waals surface area contributed by atoms with Crippen molar-refractivity contribution in [3.63, 3.8) is 0 Å². The molecule has 1 saturated carbocycles. The zero-order valence-electron chi connectivity index (χ0n) is 7.82. The van der Waals surface area contributed by atoms with Gasteiger partial charge in [0.05, 0.1) is 6.10 Å². The van der Waals surface area contributed by atoms with Crippen molar-refractivity contribution in [1.82, 2.24) is 0 Å². The third-order valence-electron chi connectivity index (χ3n) is 2.47. The van der Waals surface area contributed by atoms with E-state index in [1.165, 1.54) is 0 Å². The van der Waals surface area contributed by atoms with Gasteiger partial charge in [0.25, 0.3) is 0 Å². The maximum Gasteiger partial charge on any atom is 0.119 e. The molecule has 0 aromatic heterocycles. The fourth-order valence-electron chi connectivity index (χ4n) is 1.73. The maximum absolute atomic E-state index is 9.32. The lowest BCUT2D eigenvalue weighted by Crippen LogP contribution is -2.13. The minimum absolute atomic E-state index is 0.158. The smallest absolute Gasteiger partial charge is 0.119 e. The molecule has 0 spiro atoms. The molecule has 3 heteroatoms. The van der Waals surface area contributed by atoms with Crippen LogP contribution in [0, 0.1) is 0 Å². The van der Waals surface area contributed by atoms with Crippen LogP contribution in [0.3, 0.4) is 0 Å². The fraction of sp³-hybridized carbons (Fsp3) is 0.455. The summed E-state index contributed by atoms with van der Waals surface area (Å²) in [5.41, 5.74) is 0. The lowest BCUT2D eigenvalue weighted by atomic mass is 10.3. The molecule has 1 aromatic rings. The van der Waals surface area contributed by atoms with Gasteiger partial charge in [-0.25, -0.2) is 0 Å². The number of halogens is 1. The molecule has 76 valence electrons. The summed E-state index contributed by atoms with van der Waals surface area (Å²) in [6.45, 7) is 0. The molecule has 1 aliphatic rings. The van der Waals surface area contributed by atoms with Crippen molar-refractivity contribution in [2.24, 2.45) is 0 Å². The predicted octanol–water partition coefficient (Wildman–Crippen LogP) is 2.63. The summed E-state index contributed by atoms with van der Waals surface area (Å²) < 4.78 is 5.68. The zero-order valence-corrected chi connectivity index (χ0v) is 8.57. The summed E-state index contributed by atoms with van der Waals surface area (Å²) >= 11 is 5.76.